The molecule has 0 atom stereocenters. The summed E-state index contributed by atoms with van der Waals surface area (Å²) in [7, 11) is 0. The zero-order valence-electron chi connectivity index (χ0n) is 14.0. The molecule has 24 heavy (non-hydrogen) atoms. The molecule has 0 saturated carbocycles. The van der Waals surface area contributed by atoms with Crippen LogP contribution in [0, 0.1) is 0 Å². The average Bonchev–Trinajstić information content (AvgIpc) is 3.09. The second kappa shape index (κ2) is 8.42. The van der Waals surface area contributed by atoms with Gasteiger partial charge in [0, 0.05) is 30.4 Å². The predicted molar refractivity (Wildman–Crippen MR) is 96.1 cm³/mol. The molecule has 0 radical (unpaired) electrons. The highest BCUT2D eigenvalue weighted by molar-refractivity contribution is 7.08. The number of benzene rings is 1. The number of ketones is 1. The highest BCUT2D eigenvalue weighted by Crippen LogP contribution is 2.25. The predicted octanol–water partition coefficient (Wildman–Crippen LogP) is 3.40. The minimum absolute atomic E-state index is 0.0460. The van der Waals surface area contributed by atoms with E-state index in [2.05, 4.69) is 29.2 Å². The molecular weight excluding hydrogens is 322 g/mol. The molecule has 1 saturated heterocycles. The van der Waals surface area contributed by atoms with E-state index in [1.54, 1.807) is 6.92 Å². The first-order valence-electron chi connectivity index (χ1n) is 8.30. The van der Waals surface area contributed by atoms with Crippen LogP contribution in [0.15, 0.2) is 35.0 Å². The lowest BCUT2D eigenvalue weighted by Crippen LogP contribution is -2.37. The molecule has 0 spiro atoms. The normalized spacial score (nSPS) is 15.4. The number of morpholine rings is 1. The largest absolute Gasteiger partial charge is 0.487 e. The molecule has 3 rings (SSSR count). The lowest BCUT2D eigenvalue weighted by molar-refractivity contribution is 0.0384. The fraction of sp³-hybridized carbons (Fsp3) is 0.421. The van der Waals surface area contributed by atoms with Crippen LogP contribution >= 0.6 is 11.3 Å². The molecule has 0 amide bonds. The van der Waals surface area contributed by atoms with Gasteiger partial charge in [0.25, 0.3) is 0 Å². The van der Waals surface area contributed by atoms with Crippen LogP contribution in [0.1, 0.15) is 28.4 Å². The molecule has 0 aliphatic carbocycles. The number of thiophene rings is 1. The van der Waals surface area contributed by atoms with E-state index in [0.717, 1.165) is 44.8 Å². The van der Waals surface area contributed by atoms with Crippen LogP contribution < -0.4 is 4.74 Å². The number of carbonyl (C=O) groups excluding carboxylic acids is 1. The summed E-state index contributed by atoms with van der Waals surface area (Å²) < 4.78 is 11.2. The molecule has 4 nitrogen and oxygen atoms in total. The van der Waals surface area contributed by atoms with E-state index >= 15 is 0 Å². The van der Waals surface area contributed by atoms with Crippen molar-refractivity contribution in [1.82, 2.24) is 4.90 Å². The summed E-state index contributed by atoms with van der Waals surface area (Å²) in [5.41, 5.74) is 3.12. The third kappa shape index (κ3) is 4.66. The Morgan fingerprint density at radius 3 is 2.58 bits per heavy atom. The molecule has 0 bridgehead atoms. The molecule has 2 aromatic rings. The van der Waals surface area contributed by atoms with E-state index < -0.39 is 0 Å². The number of hydrogen-bond acceptors (Lipinski definition) is 5. The SMILES string of the molecule is CC(=O)c1cscc1OCc1ccc(CCN2CCOCC2)cc1. The maximum Gasteiger partial charge on any atom is 0.164 e. The minimum atomic E-state index is 0.0460. The van der Waals surface area contributed by atoms with Gasteiger partial charge in [0.1, 0.15) is 12.4 Å². The van der Waals surface area contributed by atoms with E-state index in [-0.39, 0.29) is 5.78 Å². The quantitative estimate of drug-likeness (QED) is 0.721. The fourth-order valence-corrected chi connectivity index (χ4v) is 3.53. The molecule has 5 heteroatoms. The van der Waals surface area contributed by atoms with Gasteiger partial charge in [-0.1, -0.05) is 24.3 Å². The Morgan fingerprint density at radius 1 is 1.17 bits per heavy atom. The molecule has 1 aromatic carbocycles. The fourth-order valence-electron chi connectivity index (χ4n) is 2.73. The van der Waals surface area contributed by atoms with Crippen molar-refractivity contribution >= 4 is 17.1 Å². The monoisotopic (exact) mass is 345 g/mol. The minimum Gasteiger partial charge on any atom is -0.487 e. The van der Waals surface area contributed by atoms with Crippen LogP contribution in [0.4, 0.5) is 0 Å². The highest BCUT2D eigenvalue weighted by Gasteiger charge is 2.11. The summed E-state index contributed by atoms with van der Waals surface area (Å²) in [5, 5.41) is 3.72. The van der Waals surface area contributed by atoms with Gasteiger partial charge < -0.3 is 9.47 Å². The number of hydrogen-bond donors (Lipinski definition) is 0. The first-order valence-corrected chi connectivity index (χ1v) is 9.24. The third-order valence-electron chi connectivity index (χ3n) is 4.24. The van der Waals surface area contributed by atoms with E-state index in [0.29, 0.717) is 17.9 Å². The van der Waals surface area contributed by atoms with Gasteiger partial charge in [-0.05, 0) is 24.5 Å². The Kier molecular flexibility index (Phi) is 6.01. The topological polar surface area (TPSA) is 38.8 Å². The van der Waals surface area contributed by atoms with Crippen molar-refractivity contribution in [1.29, 1.82) is 0 Å². The summed E-state index contributed by atoms with van der Waals surface area (Å²) in [6.45, 7) is 6.90. The second-order valence-corrected chi connectivity index (χ2v) is 6.76. The second-order valence-electron chi connectivity index (χ2n) is 6.02. The van der Waals surface area contributed by atoms with E-state index in [9.17, 15) is 4.79 Å². The maximum atomic E-state index is 11.5. The number of ether oxygens (including phenoxy) is 2. The van der Waals surface area contributed by atoms with Gasteiger partial charge in [-0.3, -0.25) is 9.69 Å². The van der Waals surface area contributed by atoms with Crippen molar-refractivity contribution in [3.05, 3.63) is 51.7 Å². The van der Waals surface area contributed by atoms with Crippen LogP contribution in [0.25, 0.3) is 0 Å². The first kappa shape index (κ1) is 17.1. The Bertz CT molecular complexity index is 660. The lowest BCUT2D eigenvalue weighted by atomic mass is 10.1. The number of rotatable bonds is 7. The van der Waals surface area contributed by atoms with E-state index in [4.69, 9.17) is 9.47 Å². The molecular formula is C19H23NO3S. The summed E-state index contributed by atoms with van der Waals surface area (Å²) >= 11 is 1.49. The Hall–Kier alpha value is -1.69. The molecule has 1 aliphatic heterocycles. The van der Waals surface area contributed by atoms with Gasteiger partial charge in [-0.25, -0.2) is 0 Å². The molecule has 128 valence electrons. The Balaban J connectivity index is 1.49. The smallest absolute Gasteiger partial charge is 0.164 e. The molecule has 1 aromatic heterocycles. The van der Waals surface area contributed by atoms with Crippen molar-refractivity contribution in [3.8, 4) is 5.75 Å². The van der Waals surface area contributed by atoms with Crippen molar-refractivity contribution in [2.45, 2.75) is 20.0 Å². The van der Waals surface area contributed by atoms with Gasteiger partial charge in [0.15, 0.2) is 5.78 Å². The van der Waals surface area contributed by atoms with Gasteiger partial charge in [0.2, 0.25) is 0 Å². The number of nitrogens with zero attached hydrogens (tertiary/aromatic N) is 1. The molecule has 1 fully saturated rings. The van der Waals surface area contributed by atoms with Crippen molar-refractivity contribution in [2.24, 2.45) is 0 Å². The lowest BCUT2D eigenvalue weighted by Gasteiger charge is -2.26. The summed E-state index contributed by atoms with van der Waals surface area (Å²) in [4.78, 5) is 13.9. The molecule has 1 aliphatic rings. The Labute approximate surface area is 147 Å². The maximum absolute atomic E-state index is 11.5. The van der Waals surface area contributed by atoms with Gasteiger partial charge in [0.05, 0.1) is 18.8 Å². The van der Waals surface area contributed by atoms with Gasteiger partial charge in [-0.15, -0.1) is 11.3 Å². The van der Waals surface area contributed by atoms with E-state index in [1.807, 2.05) is 10.8 Å². The standard InChI is InChI=1S/C19H23NO3S/c1-15(21)18-13-24-14-19(18)23-12-17-4-2-16(3-5-17)6-7-20-8-10-22-11-9-20/h2-5,13-14H,6-12H2,1H3. The third-order valence-corrected chi connectivity index (χ3v) is 4.97. The summed E-state index contributed by atoms with van der Waals surface area (Å²) in [6, 6.07) is 8.54. The van der Waals surface area contributed by atoms with Crippen LogP contribution in [-0.2, 0) is 17.8 Å². The van der Waals surface area contributed by atoms with Crippen molar-refractivity contribution in [3.63, 3.8) is 0 Å². The van der Waals surface area contributed by atoms with Crippen LogP contribution in [-0.4, -0.2) is 43.5 Å². The van der Waals surface area contributed by atoms with E-state index in [1.165, 1.54) is 16.9 Å². The molecule has 0 N–H and O–H groups in total. The van der Waals surface area contributed by atoms with Crippen LogP contribution in [0.3, 0.4) is 0 Å². The number of carbonyl (C=O) groups is 1. The highest BCUT2D eigenvalue weighted by atomic mass is 32.1. The first-order chi connectivity index (χ1) is 11.7. The van der Waals surface area contributed by atoms with Crippen molar-refractivity contribution in [2.75, 3.05) is 32.8 Å². The zero-order valence-corrected chi connectivity index (χ0v) is 14.8. The molecule has 2 heterocycles. The number of Topliss-reactive ketones (excluding diaryl/α,β-unsaturated/α-hetero) is 1. The zero-order chi connectivity index (χ0) is 16.8. The van der Waals surface area contributed by atoms with Crippen LogP contribution in [0.5, 0.6) is 5.75 Å². The van der Waals surface area contributed by atoms with Gasteiger partial charge >= 0.3 is 0 Å². The summed E-state index contributed by atoms with van der Waals surface area (Å²) in [6.07, 6.45) is 1.06. The average molecular weight is 345 g/mol. The van der Waals surface area contributed by atoms with Crippen LogP contribution in [0.2, 0.25) is 0 Å². The van der Waals surface area contributed by atoms with Gasteiger partial charge in [-0.2, -0.15) is 0 Å². The summed E-state index contributed by atoms with van der Waals surface area (Å²) in [5.74, 6) is 0.730. The van der Waals surface area contributed by atoms with Crippen molar-refractivity contribution < 1.29 is 14.3 Å². The molecule has 0 unspecified atom stereocenters. The Morgan fingerprint density at radius 2 is 1.88 bits per heavy atom.